The van der Waals surface area contributed by atoms with E-state index in [0.29, 0.717) is 19.6 Å². The van der Waals surface area contributed by atoms with Gasteiger partial charge in [0.05, 0.1) is 12.5 Å². The van der Waals surface area contributed by atoms with Crippen LogP contribution >= 0.6 is 11.3 Å². The van der Waals surface area contributed by atoms with Gasteiger partial charge in [-0.3, -0.25) is 14.6 Å². The van der Waals surface area contributed by atoms with Crippen LogP contribution in [0, 0.1) is 5.92 Å². The minimum absolute atomic E-state index is 0.00295. The van der Waals surface area contributed by atoms with Crippen LogP contribution in [0.3, 0.4) is 0 Å². The molecule has 7 nitrogen and oxygen atoms in total. The molecule has 1 atom stereocenters. The highest BCUT2D eigenvalue weighted by Gasteiger charge is 2.34. The van der Waals surface area contributed by atoms with Gasteiger partial charge in [-0.15, -0.1) is 10.2 Å². The fourth-order valence-electron chi connectivity index (χ4n) is 2.62. The number of pyridine rings is 1. The third kappa shape index (κ3) is 3.94. The smallest absolute Gasteiger partial charge is 0.225 e. The van der Waals surface area contributed by atoms with Crippen LogP contribution in [0.15, 0.2) is 24.5 Å². The topological polar surface area (TPSA) is 88.1 Å². The van der Waals surface area contributed by atoms with Crippen molar-refractivity contribution < 1.29 is 9.59 Å². The maximum Gasteiger partial charge on any atom is 0.225 e. The van der Waals surface area contributed by atoms with Gasteiger partial charge in [-0.05, 0) is 18.1 Å². The van der Waals surface area contributed by atoms with E-state index in [1.807, 2.05) is 19.1 Å². The van der Waals surface area contributed by atoms with Gasteiger partial charge >= 0.3 is 0 Å². The largest absolute Gasteiger partial charge is 0.349 e. The summed E-state index contributed by atoms with van der Waals surface area (Å²) in [5.41, 5.74) is 0.966. The van der Waals surface area contributed by atoms with Crippen molar-refractivity contribution in [3.63, 3.8) is 0 Å². The van der Waals surface area contributed by atoms with E-state index in [4.69, 9.17) is 0 Å². The molecule has 0 aromatic carbocycles. The Kier molecular flexibility index (Phi) is 5.14. The Morgan fingerprint density at radius 1 is 1.42 bits per heavy atom. The van der Waals surface area contributed by atoms with E-state index in [9.17, 15) is 9.59 Å². The van der Waals surface area contributed by atoms with E-state index in [1.165, 1.54) is 11.3 Å². The van der Waals surface area contributed by atoms with Crippen LogP contribution in [0.25, 0.3) is 0 Å². The number of hydrogen-bond acceptors (Lipinski definition) is 6. The molecule has 2 aromatic rings. The second-order valence-electron chi connectivity index (χ2n) is 5.70. The lowest BCUT2D eigenvalue weighted by Crippen LogP contribution is -2.32. The molecular weight excluding hydrogens is 326 g/mol. The third-order valence-corrected chi connectivity index (χ3v) is 4.97. The van der Waals surface area contributed by atoms with Crippen LogP contribution in [0.2, 0.25) is 0 Å². The van der Waals surface area contributed by atoms with Crippen molar-refractivity contribution in [3.05, 3.63) is 40.1 Å². The number of carbonyl (C=O) groups excluding carboxylic acids is 2. The van der Waals surface area contributed by atoms with E-state index < -0.39 is 0 Å². The van der Waals surface area contributed by atoms with Crippen molar-refractivity contribution in [2.45, 2.75) is 32.9 Å². The van der Waals surface area contributed by atoms with Crippen LogP contribution in [0.1, 0.15) is 28.9 Å². The second kappa shape index (κ2) is 7.48. The fraction of sp³-hybridized carbons (Fsp3) is 0.438. The molecule has 0 unspecified atom stereocenters. The van der Waals surface area contributed by atoms with E-state index in [1.54, 1.807) is 17.3 Å². The summed E-state index contributed by atoms with van der Waals surface area (Å²) < 4.78 is 0. The monoisotopic (exact) mass is 345 g/mol. The Labute approximate surface area is 144 Å². The molecule has 8 heteroatoms. The molecule has 3 heterocycles. The second-order valence-corrected chi connectivity index (χ2v) is 6.84. The maximum absolute atomic E-state index is 12.3. The highest BCUT2D eigenvalue weighted by Crippen LogP contribution is 2.20. The van der Waals surface area contributed by atoms with Crippen LogP contribution in [-0.2, 0) is 29.1 Å². The van der Waals surface area contributed by atoms with Crippen LogP contribution in [0.4, 0.5) is 0 Å². The Morgan fingerprint density at radius 2 is 2.25 bits per heavy atom. The molecule has 1 saturated heterocycles. The molecule has 0 spiro atoms. The molecule has 2 aromatic heterocycles. The normalized spacial score (nSPS) is 17.3. The standard InChI is InChI=1S/C16H19N5O2S/c1-2-13-19-20-14(24-13)8-18-16(23)12-6-15(22)21(10-12)9-11-4-3-5-17-7-11/h3-5,7,12H,2,6,8-10H2,1H3,(H,18,23)/t12-/m0/s1. The number of carbonyl (C=O) groups is 2. The summed E-state index contributed by atoms with van der Waals surface area (Å²) in [6, 6.07) is 3.77. The van der Waals surface area contributed by atoms with Crippen molar-refractivity contribution in [2.75, 3.05) is 6.54 Å². The summed E-state index contributed by atoms with van der Waals surface area (Å²) in [5.74, 6) is -0.416. The Bertz CT molecular complexity index is 718. The molecule has 1 aliphatic rings. The number of rotatable bonds is 6. The van der Waals surface area contributed by atoms with Gasteiger partial charge in [0, 0.05) is 31.9 Å². The van der Waals surface area contributed by atoms with Gasteiger partial charge in [0.1, 0.15) is 10.0 Å². The molecule has 2 amide bonds. The zero-order chi connectivity index (χ0) is 16.9. The summed E-state index contributed by atoms with van der Waals surface area (Å²) in [4.78, 5) is 30.2. The van der Waals surface area contributed by atoms with Crippen LogP contribution < -0.4 is 5.32 Å². The maximum atomic E-state index is 12.3. The average Bonchev–Trinajstić information content (AvgIpc) is 3.21. The number of nitrogens with zero attached hydrogens (tertiary/aromatic N) is 4. The zero-order valence-electron chi connectivity index (χ0n) is 13.4. The first-order chi connectivity index (χ1) is 11.7. The molecule has 1 aliphatic heterocycles. The van der Waals surface area contributed by atoms with Gasteiger partial charge in [0.15, 0.2) is 0 Å². The first-order valence-electron chi connectivity index (χ1n) is 7.91. The van der Waals surface area contributed by atoms with Crippen LogP contribution in [0.5, 0.6) is 0 Å². The lowest BCUT2D eigenvalue weighted by Gasteiger charge is -2.16. The summed E-state index contributed by atoms with van der Waals surface area (Å²) in [7, 11) is 0. The highest BCUT2D eigenvalue weighted by atomic mass is 32.1. The Hall–Kier alpha value is -2.35. The average molecular weight is 345 g/mol. The number of amides is 2. The predicted molar refractivity (Wildman–Crippen MR) is 88.9 cm³/mol. The van der Waals surface area contributed by atoms with Crippen molar-refractivity contribution in [1.82, 2.24) is 25.4 Å². The molecule has 3 rings (SSSR count). The van der Waals surface area contributed by atoms with Crippen molar-refractivity contribution in [3.8, 4) is 0 Å². The van der Waals surface area contributed by atoms with Gasteiger partial charge in [0.2, 0.25) is 11.8 Å². The summed E-state index contributed by atoms with van der Waals surface area (Å²) >= 11 is 1.50. The quantitative estimate of drug-likeness (QED) is 0.849. The molecule has 0 saturated carbocycles. The van der Waals surface area contributed by atoms with E-state index in [2.05, 4.69) is 20.5 Å². The summed E-state index contributed by atoms with van der Waals surface area (Å²) in [6.07, 6.45) is 4.53. The Balaban J connectivity index is 1.52. The highest BCUT2D eigenvalue weighted by molar-refractivity contribution is 7.11. The lowest BCUT2D eigenvalue weighted by atomic mass is 10.1. The molecule has 1 fully saturated rings. The van der Waals surface area contributed by atoms with E-state index in [0.717, 1.165) is 22.0 Å². The molecule has 1 N–H and O–H groups in total. The van der Waals surface area contributed by atoms with Crippen molar-refractivity contribution >= 4 is 23.2 Å². The minimum Gasteiger partial charge on any atom is -0.349 e. The zero-order valence-corrected chi connectivity index (χ0v) is 14.3. The molecule has 0 aliphatic carbocycles. The van der Waals surface area contributed by atoms with Crippen molar-refractivity contribution in [2.24, 2.45) is 5.92 Å². The number of hydrogen-bond donors (Lipinski definition) is 1. The Morgan fingerprint density at radius 3 is 2.96 bits per heavy atom. The minimum atomic E-state index is -0.312. The van der Waals surface area contributed by atoms with Gasteiger partial charge in [-0.1, -0.05) is 24.3 Å². The summed E-state index contributed by atoms with van der Waals surface area (Å²) in [5, 5.41) is 12.7. The molecule has 24 heavy (non-hydrogen) atoms. The number of aryl methyl sites for hydroxylation is 1. The first kappa shape index (κ1) is 16.5. The number of likely N-dealkylation sites (tertiary alicyclic amines) is 1. The fourth-order valence-corrected chi connectivity index (χ4v) is 3.35. The van der Waals surface area contributed by atoms with Gasteiger partial charge < -0.3 is 10.2 Å². The van der Waals surface area contributed by atoms with Gasteiger partial charge in [-0.2, -0.15) is 0 Å². The number of nitrogens with one attached hydrogen (secondary N) is 1. The van der Waals surface area contributed by atoms with Gasteiger partial charge in [-0.25, -0.2) is 0 Å². The van der Waals surface area contributed by atoms with Gasteiger partial charge in [0.25, 0.3) is 0 Å². The number of aromatic nitrogens is 3. The summed E-state index contributed by atoms with van der Waals surface area (Å²) in [6.45, 7) is 3.32. The van der Waals surface area contributed by atoms with Crippen LogP contribution in [-0.4, -0.2) is 38.4 Å². The van der Waals surface area contributed by atoms with Crippen molar-refractivity contribution in [1.29, 1.82) is 0 Å². The lowest BCUT2D eigenvalue weighted by molar-refractivity contribution is -0.129. The SMILES string of the molecule is CCc1nnc(CNC(=O)[C@H]2CC(=O)N(Cc3cccnc3)C2)s1. The third-order valence-electron chi connectivity index (χ3n) is 3.91. The molecule has 126 valence electrons. The molecule has 0 radical (unpaired) electrons. The first-order valence-corrected chi connectivity index (χ1v) is 8.73. The predicted octanol–water partition coefficient (Wildman–Crippen LogP) is 1.16. The molecular formula is C16H19N5O2S. The van der Waals surface area contributed by atoms with E-state index in [-0.39, 0.29) is 24.2 Å². The molecule has 0 bridgehead atoms. The van der Waals surface area contributed by atoms with E-state index >= 15 is 0 Å².